The summed E-state index contributed by atoms with van der Waals surface area (Å²) in [4.78, 5) is 9.04. The Hall–Kier alpha value is -2.38. The van der Waals surface area contributed by atoms with Gasteiger partial charge in [-0.2, -0.15) is 5.26 Å². The van der Waals surface area contributed by atoms with Crippen LogP contribution in [-0.4, -0.2) is 36.1 Å². The van der Waals surface area contributed by atoms with Gasteiger partial charge in [0.2, 0.25) is 0 Å². The lowest BCUT2D eigenvalue weighted by molar-refractivity contribution is 0.198. The van der Waals surface area contributed by atoms with Gasteiger partial charge in [-0.3, -0.25) is 9.88 Å². The van der Waals surface area contributed by atoms with E-state index in [1.807, 2.05) is 12.4 Å². The Morgan fingerprint density at radius 3 is 2.30 bits per heavy atom. The smallest absolute Gasteiger partial charge is 0.0669 e. The van der Waals surface area contributed by atoms with Crippen molar-refractivity contribution in [2.45, 2.75) is 19.4 Å². The minimum Gasteiger partial charge on any atom is -0.369 e. The predicted molar refractivity (Wildman–Crippen MR) is 92.2 cm³/mol. The van der Waals surface area contributed by atoms with Crippen molar-refractivity contribution in [1.29, 1.82) is 5.26 Å². The lowest BCUT2D eigenvalue weighted by Gasteiger charge is -2.39. The molecule has 118 valence electrons. The van der Waals surface area contributed by atoms with Crippen molar-refractivity contribution in [1.82, 2.24) is 9.88 Å². The molecular weight excluding hydrogens is 284 g/mol. The number of hydrogen-bond donors (Lipinski definition) is 0. The molecule has 0 amide bonds. The van der Waals surface area contributed by atoms with E-state index in [1.54, 1.807) is 0 Å². The van der Waals surface area contributed by atoms with E-state index in [9.17, 15) is 0 Å². The van der Waals surface area contributed by atoms with Crippen LogP contribution in [-0.2, 0) is 6.42 Å². The van der Waals surface area contributed by atoms with Gasteiger partial charge in [-0.05, 0) is 42.3 Å². The summed E-state index contributed by atoms with van der Waals surface area (Å²) in [6, 6.07) is 15.2. The second-order valence-corrected chi connectivity index (χ2v) is 5.98. The fourth-order valence-corrected chi connectivity index (χ4v) is 3.14. The monoisotopic (exact) mass is 306 g/mol. The van der Waals surface area contributed by atoms with E-state index in [4.69, 9.17) is 5.26 Å². The number of rotatable bonds is 4. The molecule has 4 heteroatoms. The molecule has 0 N–H and O–H groups in total. The third kappa shape index (κ3) is 3.69. The van der Waals surface area contributed by atoms with Crippen molar-refractivity contribution in [3.63, 3.8) is 0 Å². The van der Waals surface area contributed by atoms with Crippen LogP contribution in [0.3, 0.4) is 0 Å². The molecular formula is C19H22N4. The average molecular weight is 306 g/mol. The summed E-state index contributed by atoms with van der Waals surface area (Å²) in [6.07, 6.45) is 4.22. The fourth-order valence-electron chi connectivity index (χ4n) is 3.14. The van der Waals surface area contributed by atoms with Crippen molar-refractivity contribution < 1.29 is 0 Å². The van der Waals surface area contributed by atoms with E-state index in [-0.39, 0.29) is 0 Å². The molecule has 0 bridgehead atoms. The number of pyridine rings is 1. The number of nitriles is 1. The Bertz CT molecular complexity index is 652. The Morgan fingerprint density at radius 2 is 1.70 bits per heavy atom. The molecule has 0 spiro atoms. The zero-order chi connectivity index (χ0) is 16.1. The van der Waals surface area contributed by atoms with Crippen molar-refractivity contribution in [3.05, 3.63) is 59.9 Å². The minimum absolute atomic E-state index is 0.429. The van der Waals surface area contributed by atoms with E-state index in [1.165, 1.54) is 11.3 Å². The first-order valence-electron chi connectivity index (χ1n) is 8.13. The average Bonchev–Trinajstić information content (AvgIpc) is 2.63. The molecule has 3 rings (SSSR count). The normalized spacial score (nSPS) is 16.8. The van der Waals surface area contributed by atoms with Crippen LogP contribution in [0.5, 0.6) is 0 Å². The van der Waals surface area contributed by atoms with Gasteiger partial charge in [-0.1, -0.05) is 12.1 Å². The Labute approximate surface area is 138 Å². The fraction of sp³-hybridized carbons (Fsp3) is 0.368. The number of piperazine rings is 1. The first-order valence-corrected chi connectivity index (χ1v) is 8.13. The van der Waals surface area contributed by atoms with Gasteiger partial charge in [0.15, 0.2) is 0 Å². The summed E-state index contributed by atoms with van der Waals surface area (Å²) >= 11 is 0. The number of benzene rings is 1. The van der Waals surface area contributed by atoms with Gasteiger partial charge in [-0.25, -0.2) is 0 Å². The molecule has 1 saturated heterocycles. The van der Waals surface area contributed by atoms with E-state index in [0.29, 0.717) is 12.5 Å². The Kier molecular flexibility index (Phi) is 4.89. The van der Waals surface area contributed by atoms with Crippen molar-refractivity contribution >= 4 is 5.69 Å². The molecule has 0 saturated carbocycles. The molecule has 0 aliphatic carbocycles. The third-order valence-electron chi connectivity index (χ3n) is 4.64. The van der Waals surface area contributed by atoms with Gasteiger partial charge in [0, 0.05) is 50.3 Å². The predicted octanol–water partition coefficient (Wildman–Crippen LogP) is 3.03. The van der Waals surface area contributed by atoms with E-state index < -0.39 is 0 Å². The molecule has 1 atom stereocenters. The summed E-state index contributed by atoms with van der Waals surface area (Å²) in [5.41, 5.74) is 3.67. The second-order valence-electron chi connectivity index (χ2n) is 5.98. The molecule has 23 heavy (non-hydrogen) atoms. The highest BCUT2D eigenvalue weighted by Gasteiger charge is 2.22. The lowest BCUT2D eigenvalue weighted by atomic mass is 10.1. The van der Waals surface area contributed by atoms with Crippen molar-refractivity contribution in [2.24, 2.45) is 0 Å². The maximum Gasteiger partial charge on any atom is 0.0669 e. The van der Waals surface area contributed by atoms with Crippen LogP contribution in [0, 0.1) is 11.3 Å². The zero-order valence-electron chi connectivity index (χ0n) is 13.5. The quantitative estimate of drug-likeness (QED) is 0.871. The lowest BCUT2D eigenvalue weighted by Crippen LogP contribution is -2.47. The van der Waals surface area contributed by atoms with Gasteiger partial charge < -0.3 is 4.90 Å². The number of hydrogen-bond acceptors (Lipinski definition) is 4. The van der Waals surface area contributed by atoms with Crippen LogP contribution in [0.2, 0.25) is 0 Å². The molecule has 0 radical (unpaired) electrons. The zero-order valence-corrected chi connectivity index (χ0v) is 13.5. The maximum atomic E-state index is 8.74. The summed E-state index contributed by atoms with van der Waals surface area (Å²) in [5, 5.41) is 8.74. The number of aromatic nitrogens is 1. The molecule has 1 aliphatic heterocycles. The highest BCUT2D eigenvalue weighted by Crippen LogP contribution is 2.23. The van der Waals surface area contributed by atoms with Crippen LogP contribution >= 0.6 is 0 Å². The second kappa shape index (κ2) is 7.26. The van der Waals surface area contributed by atoms with Crippen LogP contribution in [0.15, 0.2) is 48.8 Å². The highest BCUT2D eigenvalue weighted by atomic mass is 15.3. The van der Waals surface area contributed by atoms with Gasteiger partial charge in [0.25, 0.3) is 0 Å². The standard InChI is InChI=1S/C19H22N4/c1-16(18-7-10-21-11-8-18)22-12-14-23(15-13-22)19-4-2-17(3-5-19)6-9-20/h2-5,7-8,10-11,16H,6,12-15H2,1H3. The van der Waals surface area contributed by atoms with Crippen LogP contribution in [0.1, 0.15) is 24.1 Å². The molecule has 1 aromatic heterocycles. The molecule has 4 nitrogen and oxygen atoms in total. The van der Waals surface area contributed by atoms with E-state index >= 15 is 0 Å². The molecule has 1 unspecified atom stereocenters. The van der Waals surface area contributed by atoms with Gasteiger partial charge >= 0.3 is 0 Å². The van der Waals surface area contributed by atoms with E-state index in [0.717, 1.165) is 31.7 Å². The first-order chi connectivity index (χ1) is 11.3. The Balaban J connectivity index is 1.59. The van der Waals surface area contributed by atoms with Crippen molar-refractivity contribution in [2.75, 3.05) is 31.1 Å². The van der Waals surface area contributed by atoms with Gasteiger partial charge in [-0.15, -0.1) is 0 Å². The third-order valence-corrected chi connectivity index (χ3v) is 4.64. The van der Waals surface area contributed by atoms with Gasteiger partial charge in [0.05, 0.1) is 12.5 Å². The number of nitrogens with zero attached hydrogens (tertiary/aromatic N) is 4. The minimum atomic E-state index is 0.429. The van der Waals surface area contributed by atoms with E-state index in [2.05, 4.69) is 64.2 Å². The van der Waals surface area contributed by atoms with Crippen molar-refractivity contribution in [3.8, 4) is 6.07 Å². The van der Waals surface area contributed by atoms with Gasteiger partial charge in [0.1, 0.15) is 0 Å². The molecule has 2 aromatic rings. The summed E-state index contributed by atoms with van der Waals surface area (Å²) in [7, 11) is 0. The molecule has 1 aliphatic rings. The topological polar surface area (TPSA) is 43.2 Å². The summed E-state index contributed by atoms with van der Waals surface area (Å²) in [5.74, 6) is 0. The van der Waals surface area contributed by atoms with Crippen LogP contribution in [0.25, 0.3) is 0 Å². The molecule has 1 aromatic carbocycles. The summed E-state index contributed by atoms with van der Waals surface area (Å²) in [6.45, 7) is 6.45. The number of anilines is 1. The molecule has 2 heterocycles. The molecule has 1 fully saturated rings. The first kappa shape index (κ1) is 15.5. The maximum absolute atomic E-state index is 8.74. The van der Waals surface area contributed by atoms with Crippen LogP contribution in [0.4, 0.5) is 5.69 Å². The Morgan fingerprint density at radius 1 is 1.04 bits per heavy atom. The SMILES string of the molecule is CC(c1ccncc1)N1CCN(c2ccc(CC#N)cc2)CC1. The highest BCUT2D eigenvalue weighted by molar-refractivity contribution is 5.48. The van der Waals surface area contributed by atoms with Crippen LogP contribution < -0.4 is 4.90 Å². The largest absolute Gasteiger partial charge is 0.369 e. The summed E-state index contributed by atoms with van der Waals surface area (Å²) < 4.78 is 0.